The fourth-order valence-electron chi connectivity index (χ4n) is 3.96. The molecule has 1 aromatic rings. The van der Waals surface area contributed by atoms with Crippen LogP contribution in [0.4, 0.5) is 0 Å². The quantitative estimate of drug-likeness (QED) is 0.127. The van der Waals surface area contributed by atoms with E-state index in [9.17, 15) is 23.7 Å². The lowest BCUT2D eigenvalue weighted by molar-refractivity contribution is -1.04. The van der Waals surface area contributed by atoms with Crippen molar-refractivity contribution >= 4 is 10.1 Å². The highest BCUT2D eigenvalue weighted by Crippen LogP contribution is 2.23. The summed E-state index contributed by atoms with van der Waals surface area (Å²) in [5, 5.41) is 30.0. The average Bonchev–Trinajstić information content (AvgIpc) is 2.72. The maximum Gasteiger partial charge on any atom is 0.294 e. The van der Waals surface area contributed by atoms with Crippen molar-refractivity contribution < 1.29 is 32.8 Å². The van der Waals surface area contributed by atoms with Gasteiger partial charge >= 0.3 is 0 Å². The number of aliphatic hydroxyl groups is 3. The van der Waals surface area contributed by atoms with E-state index in [-0.39, 0.29) is 9.38 Å². The molecule has 0 spiro atoms. The van der Waals surface area contributed by atoms with Gasteiger partial charge in [0.1, 0.15) is 0 Å². The van der Waals surface area contributed by atoms with Crippen LogP contribution in [0.15, 0.2) is 35.2 Å². The van der Waals surface area contributed by atoms with Crippen LogP contribution in [0.1, 0.15) is 91.9 Å². The Hall–Kier alpha value is -1.03. The molecule has 3 atom stereocenters. The minimum Gasteiger partial charge on any atom is -0.345 e. The summed E-state index contributed by atoms with van der Waals surface area (Å²) in [5.74, 6) is 0. The van der Waals surface area contributed by atoms with Gasteiger partial charge in [0.2, 0.25) is 0 Å². The Labute approximate surface area is 195 Å². The Morgan fingerprint density at radius 2 is 1.09 bits per heavy atom. The Bertz CT molecular complexity index is 655. The van der Waals surface area contributed by atoms with E-state index in [0.717, 1.165) is 12.8 Å². The van der Waals surface area contributed by atoms with Crippen LogP contribution < -0.4 is 0 Å². The van der Waals surface area contributed by atoms with Crippen LogP contribution in [-0.2, 0) is 10.1 Å². The van der Waals surface area contributed by atoms with Crippen LogP contribution in [0, 0.1) is 0 Å². The summed E-state index contributed by atoms with van der Waals surface area (Å²) < 4.78 is 29.2. The molecule has 0 bridgehead atoms. The second-order valence-electron chi connectivity index (χ2n) is 8.58. The topological polar surface area (TPSA) is 115 Å². The van der Waals surface area contributed by atoms with Gasteiger partial charge < -0.3 is 15.3 Å². The van der Waals surface area contributed by atoms with E-state index in [1.165, 1.54) is 63.5 Å². The normalized spacial score (nSPS) is 16.4. The molecule has 0 aliphatic carbocycles. The standard InChI is InChI=1S/C18H40NO3.C6H6O3S/c1-5-6-7-8-9-10-11-12-13-14-15-19(16(2)20,17(3)21)18(4)22;7-10(8,9)6-4-2-1-3-5-6/h16-18,20-22H,5-15H2,1-4H3;1-5H,(H,7,8,9)/q+1;. The molecule has 3 unspecified atom stereocenters. The van der Waals surface area contributed by atoms with Gasteiger partial charge in [0.05, 0.1) is 11.4 Å². The van der Waals surface area contributed by atoms with Crippen molar-refractivity contribution in [2.45, 2.75) is 115 Å². The average molecular weight is 477 g/mol. The minimum atomic E-state index is -4.00. The third-order valence-electron chi connectivity index (χ3n) is 6.03. The van der Waals surface area contributed by atoms with Crippen LogP contribution in [0.2, 0.25) is 0 Å². The number of aliphatic hydroxyl groups excluding tert-OH is 3. The smallest absolute Gasteiger partial charge is 0.294 e. The Kier molecular flexibility index (Phi) is 16.0. The van der Waals surface area contributed by atoms with Crippen molar-refractivity contribution in [1.82, 2.24) is 0 Å². The third-order valence-corrected chi connectivity index (χ3v) is 6.90. The predicted molar refractivity (Wildman–Crippen MR) is 128 cm³/mol. The van der Waals surface area contributed by atoms with E-state index in [2.05, 4.69) is 6.92 Å². The lowest BCUT2D eigenvalue weighted by Crippen LogP contribution is -2.64. The minimum absolute atomic E-state index is 0.0446. The molecule has 0 amide bonds. The number of quaternary nitrogens is 1. The first-order valence-electron chi connectivity index (χ1n) is 11.9. The summed E-state index contributed by atoms with van der Waals surface area (Å²) >= 11 is 0. The summed E-state index contributed by atoms with van der Waals surface area (Å²) in [6, 6.07) is 7.42. The monoisotopic (exact) mass is 476 g/mol. The van der Waals surface area contributed by atoms with Crippen molar-refractivity contribution in [3.8, 4) is 0 Å². The Morgan fingerprint density at radius 3 is 1.41 bits per heavy atom. The fourth-order valence-corrected chi connectivity index (χ4v) is 4.46. The van der Waals surface area contributed by atoms with Crippen molar-refractivity contribution in [1.29, 1.82) is 0 Å². The maximum atomic E-state index is 10.4. The van der Waals surface area contributed by atoms with Gasteiger partial charge in [0.25, 0.3) is 10.1 Å². The zero-order valence-electron chi connectivity index (χ0n) is 20.4. The summed E-state index contributed by atoms with van der Waals surface area (Å²) in [5.41, 5.74) is 0. The number of nitrogens with zero attached hydrogens (tertiary/aromatic N) is 1. The fraction of sp³-hybridized carbons (Fsp3) is 0.750. The van der Waals surface area contributed by atoms with E-state index in [4.69, 9.17) is 4.55 Å². The number of hydrogen-bond acceptors (Lipinski definition) is 5. The predicted octanol–water partition coefficient (Wildman–Crippen LogP) is 4.67. The van der Waals surface area contributed by atoms with Gasteiger partial charge in [-0.1, -0.05) is 76.5 Å². The molecule has 0 aromatic heterocycles. The molecule has 7 nitrogen and oxygen atoms in total. The molecule has 0 radical (unpaired) electrons. The molecule has 8 heteroatoms. The first-order valence-corrected chi connectivity index (χ1v) is 13.4. The highest BCUT2D eigenvalue weighted by Gasteiger charge is 2.41. The van der Waals surface area contributed by atoms with Gasteiger partial charge in [-0.15, -0.1) is 0 Å². The number of benzene rings is 1. The van der Waals surface area contributed by atoms with E-state index in [1.54, 1.807) is 39.0 Å². The molecule has 32 heavy (non-hydrogen) atoms. The zero-order chi connectivity index (χ0) is 24.6. The summed E-state index contributed by atoms with van der Waals surface area (Å²) in [6.07, 6.45) is 10.2. The lowest BCUT2D eigenvalue weighted by Gasteiger charge is -2.45. The summed E-state index contributed by atoms with van der Waals surface area (Å²) in [4.78, 5) is -0.0741. The van der Waals surface area contributed by atoms with E-state index in [0.29, 0.717) is 6.54 Å². The zero-order valence-corrected chi connectivity index (χ0v) is 21.2. The van der Waals surface area contributed by atoms with Gasteiger partial charge in [0, 0.05) is 20.8 Å². The molecule has 0 saturated heterocycles. The molecule has 1 aromatic carbocycles. The van der Waals surface area contributed by atoms with Crippen LogP contribution in [0.3, 0.4) is 0 Å². The summed E-state index contributed by atoms with van der Waals surface area (Å²) in [7, 11) is -4.00. The van der Waals surface area contributed by atoms with Gasteiger partial charge in [-0.05, 0) is 25.0 Å². The second-order valence-corrected chi connectivity index (χ2v) is 10.0. The van der Waals surface area contributed by atoms with Crippen LogP contribution in [0.5, 0.6) is 0 Å². The van der Waals surface area contributed by atoms with E-state index in [1.807, 2.05) is 0 Å². The maximum absolute atomic E-state index is 10.4. The van der Waals surface area contributed by atoms with Crippen molar-refractivity contribution in [3.05, 3.63) is 30.3 Å². The lowest BCUT2D eigenvalue weighted by atomic mass is 10.1. The first-order chi connectivity index (χ1) is 15.0. The molecular weight excluding hydrogens is 430 g/mol. The van der Waals surface area contributed by atoms with Gasteiger partial charge in [-0.3, -0.25) is 4.55 Å². The Balaban J connectivity index is 0.000000792. The highest BCUT2D eigenvalue weighted by atomic mass is 32.2. The highest BCUT2D eigenvalue weighted by molar-refractivity contribution is 7.85. The van der Waals surface area contributed by atoms with E-state index >= 15 is 0 Å². The van der Waals surface area contributed by atoms with Crippen LogP contribution >= 0.6 is 0 Å². The second kappa shape index (κ2) is 16.6. The van der Waals surface area contributed by atoms with Gasteiger partial charge in [-0.2, -0.15) is 8.42 Å². The molecule has 0 saturated carbocycles. The van der Waals surface area contributed by atoms with Gasteiger partial charge in [-0.25, -0.2) is 4.48 Å². The number of hydrogen-bond donors (Lipinski definition) is 4. The molecule has 0 fully saturated rings. The SMILES string of the molecule is CCCCCCCCCCCC[N+](C(C)O)(C(C)O)C(C)O.O=S(=O)(O)c1ccccc1. The van der Waals surface area contributed by atoms with Crippen molar-refractivity contribution in [2.75, 3.05) is 6.54 Å². The van der Waals surface area contributed by atoms with Crippen molar-refractivity contribution in [3.63, 3.8) is 0 Å². The Morgan fingerprint density at radius 1 is 0.719 bits per heavy atom. The van der Waals surface area contributed by atoms with Crippen LogP contribution in [0.25, 0.3) is 0 Å². The molecule has 0 aliphatic rings. The summed E-state index contributed by atoms with van der Waals surface area (Å²) in [6.45, 7) is 7.80. The molecule has 0 aliphatic heterocycles. The van der Waals surface area contributed by atoms with Crippen LogP contribution in [-0.4, -0.2) is 58.0 Å². The number of unbranched alkanes of at least 4 members (excludes halogenated alkanes) is 9. The molecule has 1 rings (SSSR count). The molecule has 188 valence electrons. The molecule has 4 N–H and O–H groups in total. The van der Waals surface area contributed by atoms with Gasteiger partial charge in [0.15, 0.2) is 18.7 Å². The third kappa shape index (κ3) is 11.7. The molecule has 0 heterocycles. The largest absolute Gasteiger partial charge is 0.345 e. The first kappa shape index (κ1) is 31.0. The number of rotatable bonds is 15. The van der Waals surface area contributed by atoms with E-state index < -0.39 is 28.8 Å². The van der Waals surface area contributed by atoms with Crippen molar-refractivity contribution in [2.24, 2.45) is 0 Å². The molecular formula is C24H46NO6S+.